The molecule has 0 atom stereocenters. The van der Waals surface area contributed by atoms with Gasteiger partial charge in [-0.25, -0.2) is 4.98 Å². The van der Waals surface area contributed by atoms with Gasteiger partial charge in [0.25, 0.3) is 11.8 Å². The first-order valence-corrected chi connectivity index (χ1v) is 8.78. The first-order chi connectivity index (χ1) is 13.1. The molecule has 0 bridgehead atoms. The van der Waals surface area contributed by atoms with Crippen molar-refractivity contribution in [2.75, 3.05) is 13.1 Å². The Balaban J connectivity index is 1.28. The standard InChI is InChI=1S/C20H18N4O3/c25-18(13-24-19(26)15-7-1-2-8-16(15)20(24)27)21-10-5-9-17-22-12-14-6-3-4-11-23(14)17/h1-4,6-8,11-12H,5,9-10,13H2,(H,21,25). The van der Waals surface area contributed by atoms with Crippen molar-refractivity contribution in [3.63, 3.8) is 0 Å². The molecule has 0 aliphatic carbocycles. The number of rotatable bonds is 6. The maximum atomic E-state index is 12.3. The largest absolute Gasteiger partial charge is 0.355 e. The van der Waals surface area contributed by atoms with Gasteiger partial charge in [-0.1, -0.05) is 18.2 Å². The van der Waals surface area contributed by atoms with E-state index in [0.29, 0.717) is 30.5 Å². The van der Waals surface area contributed by atoms with Gasteiger partial charge in [0.1, 0.15) is 12.4 Å². The van der Waals surface area contributed by atoms with E-state index in [4.69, 9.17) is 0 Å². The van der Waals surface area contributed by atoms with Gasteiger partial charge < -0.3 is 9.72 Å². The Kier molecular flexibility index (Phi) is 4.42. The normalized spacial score (nSPS) is 13.3. The third-order valence-electron chi connectivity index (χ3n) is 4.59. The molecule has 7 nitrogen and oxygen atoms in total. The zero-order chi connectivity index (χ0) is 18.8. The third-order valence-corrected chi connectivity index (χ3v) is 4.59. The highest BCUT2D eigenvalue weighted by atomic mass is 16.2. The van der Waals surface area contributed by atoms with Gasteiger partial charge in [-0.2, -0.15) is 0 Å². The molecule has 1 aliphatic rings. The van der Waals surface area contributed by atoms with Crippen molar-refractivity contribution in [2.45, 2.75) is 12.8 Å². The summed E-state index contributed by atoms with van der Waals surface area (Å²) in [5.74, 6) is -0.262. The molecule has 0 spiro atoms. The number of nitrogens with zero attached hydrogens (tertiary/aromatic N) is 3. The summed E-state index contributed by atoms with van der Waals surface area (Å²) in [6.07, 6.45) is 5.20. The molecule has 0 saturated heterocycles. The Hall–Kier alpha value is -3.48. The molecule has 1 aliphatic heterocycles. The molecule has 0 fully saturated rings. The van der Waals surface area contributed by atoms with Crippen LogP contribution in [0.4, 0.5) is 0 Å². The number of imidazole rings is 1. The zero-order valence-corrected chi connectivity index (χ0v) is 14.6. The molecular formula is C20H18N4O3. The maximum Gasteiger partial charge on any atom is 0.262 e. The minimum Gasteiger partial charge on any atom is -0.355 e. The Bertz CT molecular complexity index is 1010. The van der Waals surface area contributed by atoms with Gasteiger partial charge in [-0.05, 0) is 30.7 Å². The highest BCUT2D eigenvalue weighted by molar-refractivity contribution is 6.22. The van der Waals surface area contributed by atoms with Gasteiger partial charge in [-0.3, -0.25) is 19.3 Å². The summed E-state index contributed by atoms with van der Waals surface area (Å²) in [7, 11) is 0. The summed E-state index contributed by atoms with van der Waals surface area (Å²) in [5, 5.41) is 2.77. The van der Waals surface area contributed by atoms with Gasteiger partial charge in [0.2, 0.25) is 5.91 Å². The molecule has 0 radical (unpaired) electrons. The maximum absolute atomic E-state index is 12.3. The number of hydrogen-bond donors (Lipinski definition) is 1. The van der Waals surface area contributed by atoms with Crippen LogP contribution in [-0.4, -0.2) is 45.1 Å². The van der Waals surface area contributed by atoms with Crippen molar-refractivity contribution in [2.24, 2.45) is 0 Å². The van der Waals surface area contributed by atoms with Crippen LogP contribution in [0.15, 0.2) is 54.9 Å². The molecule has 7 heteroatoms. The van der Waals surface area contributed by atoms with Gasteiger partial charge in [-0.15, -0.1) is 0 Å². The molecule has 0 unspecified atom stereocenters. The molecule has 3 heterocycles. The summed E-state index contributed by atoms with van der Waals surface area (Å²) in [5.41, 5.74) is 1.73. The van der Waals surface area contributed by atoms with Crippen molar-refractivity contribution in [1.29, 1.82) is 0 Å². The van der Waals surface area contributed by atoms with E-state index in [1.807, 2.05) is 35.0 Å². The number of fused-ring (bicyclic) bond motifs is 2. The lowest BCUT2D eigenvalue weighted by atomic mass is 10.1. The van der Waals surface area contributed by atoms with Crippen molar-refractivity contribution >= 4 is 23.2 Å². The van der Waals surface area contributed by atoms with Crippen LogP contribution in [0.1, 0.15) is 33.0 Å². The van der Waals surface area contributed by atoms with E-state index >= 15 is 0 Å². The molecule has 0 saturated carbocycles. The predicted molar refractivity (Wildman–Crippen MR) is 98.3 cm³/mol. The van der Waals surface area contributed by atoms with Crippen LogP contribution in [-0.2, 0) is 11.2 Å². The smallest absolute Gasteiger partial charge is 0.262 e. The summed E-state index contributed by atoms with van der Waals surface area (Å²) in [6.45, 7) is 0.183. The lowest BCUT2D eigenvalue weighted by Crippen LogP contribution is -2.40. The third kappa shape index (κ3) is 3.19. The Morgan fingerprint density at radius 3 is 2.44 bits per heavy atom. The quantitative estimate of drug-likeness (QED) is 0.534. The van der Waals surface area contributed by atoms with Crippen LogP contribution < -0.4 is 5.32 Å². The van der Waals surface area contributed by atoms with E-state index in [0.717, 1.165) is 16.2 Å². The second kappa shape index (κ2) is 7.03. The lowest BCUT2D eigenvalue weighted by Gasteiger charge is -2.13. The average molecular weight is 362 g/mol. The fraction of sp³-hybridized carbons (Fsp3) is 0.200. The molecule has 4 rings (SSSR count). The van der Waals surface area contributed by atoms with Gasteiger partial charge >= 0.3 is 0 Å². The molecule has 27 heavy (non-hydrogen) atoms. The van der Waals surface area contributed by atoms with Crippen LogP contribution in [0.2, 0.25) is 0 Å². The van der Waals surface area contributed by atoms with E-state index < -0.39 is 11.8 Å². The van der Waals surface area contributed by atoms with Crippen molar-refractivity contribution in [1.82, 2.24) is 19.6 Å². The summed E-state index contributed by atoms with van der Waals surface area (Å²) in [6, 6.07) is 12.5. The summed E-state index contributed by atoms with van der Waals surface area (Å²) >= 11 is 0. The number of benzene rings is 1. The second-order valence-corrected chi connectivity index (χ2v) is 6.37. The predicted octanol–water partition coefficient (Wildman–Crippen LogP) is 1.68. The monoisotopic (exact) mass is 362 g/mol. The minimum atomic E-state index is -0.422. The second-order valence-electron chi connectivity index (χ2n) is 6.37. The first kappa shape index (κ1) is 17.0. The number of imide groups is 1. The Labute approximate surface area is 155 Å². The van der Waals surface area contributed by atoms with Gasteiger partial charge in [0, 0.05) is 19.2 Å². The molecule has 1 N–H and O–H groups in total. The SMILES string of the molecule is O=C(CN1C(=O)c2ccccc2C1=O)NCCCc1ncc2ccccn12. The van der Waals surface area contributed by atoms with Crippen LogP contribution in [0, 0.1) is 0 Å². The number of aromatic nitrogens is 2. The number of carbonyl (C=O) groups is 3. The van der Waals surface area contributed by atoms with Crippen LogP contribution in [0.25, 0.3) is 5.52 Å². The fourth-order valence-corrected chi connectivity index (χ4v) is 3.24. The Morgan fingerprint density at radius 2 is 1.70 bits per heavy atom. The van der Waals surface area contributed by atoms with Crippen molar-refractivity contribution in [3.05, 3.63) is 71.8 Å². The first-order valence-electron chi connectivity index (χ1n) is 8.78. The molecule has 2 aromatic heterocycles. The highest BCUT2D eigenvalue weighted by Gasteiger charge is 2.36. The minimum absolute atomic E-state index is 0.265. The number of pyridine rings is 1. The number of aryl methyl sites for hydroxylation is 1. The lowest BCUT2D eigenvalue weighted by molar-refractivity contribution is -0.121. The molecule has 3 amide bonds. The zero-order valence-electron chi connectivity index (χ0n) is 14.6. The topological polar surface area (TPSA) is 83.8 Å². The van der Waals surface area contributed by atoms with E-state index in [1.54, 1.807) is 24.3 Å². The van der Waals surface area contributed by atoms with E-state index in [1.165, 1.54) is 0 Å². The van der Waals surface area contributed by atoms with Crippen molar-refractivity contribution < 1.29 is 14.4 Å². The van der Waals surface area contributed by atoms with E-state index in [-0.39, 0.29) is 12.5 Å². The van der Waals surface area contributed by atoms with E-state index in [2.05, 4.69) is 10.3 Å². The highest BCUT2D eigenvalue weighted by Crippen LogP contribution is 2.21. The average Bonchev–Trinajstić information content (AvgIpc) is 3.21. The molecule has 1 aromatic carbocycles. The number of amides is 3. The van der Waals surface area contributed by atoms with Gasteiger partial charge in [0.05, 0.1) is 22.8 Å². The van der Waals surface area contributed by atoms with Gasteiger partial charge in [0.15, 0.2) is 0 Å². The Morgan fingerprint density at radius 1 is 1.00 bits per heavy atom. The van der Waals surface area contributed by atoms with Crippen LogP contribution in [0.5, 0.6) is 0 Å². The molecule has 136 valence electrons. The van der Waals surface area contributed by atoms with Crippen LogP contribution in [0.3, 0.4) is 0 Å². The number of nitrogens with one attached hydrogen (secondary N) is 1. The van der Waals surface area contributed by atoms with Crippen LogP contribution >= 0.6 is 0 Å². The van der Waals surface area contributed by atoms with Crippen molar-refractivity contribution in [3.8, 4) is 0 Å². The van der Waals surface area contributed by atoms with E-state index in [9.17, 15) is 14.4 Å². The fourth-order valence-electron chi connectivity index (χ4n) is 3.24. The number of hydrogen-bond acceptors (Lipinski definition) is 4. The summed E-state index contributed by atoms with van der Waals surface area (Å²) < 4.78 is 2.01. The summed E-state index contributed by atoms with van der Waals surface area (Å²) in [4.78, 5) is 42.0. The molecule has 3 aromatic rings. The molecular weight excluding hydrogens is 344 g/mol. The number of carbonyl (C=O) groups excluding carboxylic acids is 3.